The number of rotatable bonds is 11. The number of aryl methyl sites for hydroxylation is 2. The summed E-state index contributed by atoms with van der Waals surface area (Å²) in [5, 5.41) is 18.9. The van der Waals surface area contributed by atoms with Gasteiger partial charge in [0.15, 0.2) is 0 Å². The van der Waals surface area contributed by atoms with Crippen molar-refractivity contribution in [1.82, 2.24) is 29.9 Å². The van der Waals surface area contributed by atoms with Crippen molar-refractivity contribution in [2.24, 2.45) is 0 Å². The molecule has 0 bridgehead atoms. The predicted molar refractivity (Wildman–Crippen MR) is 136 cm³/mol. The van der Waals surface area contributed by atoms with E-state index < -0.39 is 24.0 Å². The number of methoxy groups -OCH3 is 1. The fourth-order valence-electron chi connectivity index (χ4n) is 4.04. The van der Waals surface area contributed by atoms with Gasteiger partial charge in [-0.2, -0.15) is 20.0 Å². The van der Waals surface area contributed by atoms with Crippen molar-refractivity contribution in [3.8, 4) is 28.3 Å². The van der Waals surface area contributed by atoms with E-state index >= 15 is 0 Å². The van der Waals surface area contributed by atoms with Gasteiger partial charge in [-0.3, -0.25) is 4.98 Å². The molecule has 1 aromatic carbocycles. The third-order valence-corrected chi connectivity index (χ3v) is 5.72. The van der Waals surface area contributed by atoms with Crippen LogP contribution in [0.25, 0.3) is 22.4 Å². The minimum atomic E-state index is -2.81. The summed E-state index contributed by atoms with van der Waals surface area (Å²) in [6, 6.07) is 8.34. The minimum absolute atomic E-state index is 0.0173. The highest BCUT2D eigenvalue weighted by molar-refractivity contribution is 5.85. The number of halogens is 3. The monoisotopic (exact) mass is 543 g/mol. The van der Waals surface area contributed by atoms with Crippen LogP contribution in [0.3, 0.4) is 0 Å². The highest BCUT2D eigenvalue weighted by atomic mass is 19.3. The van der Waals surface area contributed by atoms with Crippen LogP contribution in [0.2, 0.25) is 0 Å². The van der Waals surface area contributed by atoms with Crippen molar-refractivity contribution in [2.75, 3.05) is 19.5 Å². The number of aliphatic hydroxyl groups excluding tert-OH is 1. The van der Waals surface area contributed by atoms with Crippen molar-refractivity contribution in [3.63, 3.8) is 0 Å². The molecule has 39 heavy (non-hydrogen) atoms. The SMILES string of the molecule is CCc1nn(CC(O)COC)nc1COc1nc(N)nc(-c2ccc(F)cc2)c1-c1cc(C)nc(C(F)F)c1. The van der Waals surface area contributed by atoms with Crippen LogP contribution in [0, 0.1) is 12.7 Å². The summed E-state index contributed by atoms with van der Waals surface area (Å²) < 4.78 is 52.0. The molecule has 1 atom stereocenters. The third-order valence-electron chi connectivity index (χ3n) is 5.72. The molecule has 0 radical (unpaired) electrons. The Labute approximate surface area is 222 Å². The normalized spacial score (nSPS) is 12.2. The van der Waals surface area contributed by atoms with Crippen LogP contribution in [-0.4, -0.2) is 54.9 Å². The lowest BCUT2D eigenvalue weighted by Gasteiger charge is -2.16. The van der Waals surface area contributed by atoms with Gasteiger partial charge in [-0.25, -0.2) is 18.2 Å². The van der Waals surface area contributed by atoms with Gasteiger partial charge in [0.05, 0.1) is 36.2 Å². The fraction of sp³-hybridized carbons (Fsp3) is 0.346. The Morgan fingerprint density at radius 2 is 1.74 bits per heavy atom. The molecule has 0 amide bonds. The van der Waals surface area contributed by atoms with E-state index in [0.29, 0.717) is 34.6 Å². The summed E-state index contributed by atoms with van der Waals surface area (Å²) in [4.78, 5) is 13.9. The quantitative estimate of drug-likeness (QED) is 0.289. The van der Waals surface area contributed by atoms with E-state index in [1.807, 2.05) is 6.92 Å². The molecule has 0 saturated carbocycles. The van der Waals surface area contributed by atoms with Gasteiger partial charge in [0.2, 0.25) is 11.8 Å². The molecule has 0 saturated heterocycles. The maximum absolute atomic E-state index is 13.7. The third kappa shape index (κ3) is 6.67. The Morgan fingerprint density at radius 3 is 2.41 bits per heavy atom. The number of ether oxygens (including phenoxy) is 2. The lowest BCUT2D eigenvalue weighted by atomic mass is 9.99. The lowest BCUT2D eigenvalue weighted by Crippen LogP contribution is -2.22. The molecule has 0 aliphatic heterocycles. The Hall–Kier alpha value is -4.10. The van der Waals surface area contributed by atoms with Crippen LogP contribution in [0.4, 0.5) is 19.1 Å². The zero-order valence-electron chi connectivity index (χ0n) is 21.6. The van der Waals surface area contributed by atoms with E-state index in [-0.39, 0.29) is 42.8 Å². The second-order valence-electron chi connectivity index (χ2n) is 8.74. The van der Waals surface area contributed by atoms with Crippen LogP contribution in [-0.2, 0) is 24.3 Å². The molecule has 3 aromatic heterocycles. The number of hydrogen-bond acceptors (Lipinski definition) is 9. The summed E-state index contributed by atoms with van der Waals surface area (Å²) in [6.07, 6.45) is -3.07. The predicted octanol–water partition coefficient (Wildman–Crippen LogP) is 3.91. The van der Waals surface area contributed by atoms with Gasteiger partial charge >= 0.3 is 0 Å². The Morgan fingerprint density at radius 1 is 1.03 bits per heavy atom. The van der Waals surface area contributed by atoms with Gasteiger partial charge in [0, 0.05) is 18.4 Å². The summed E-state index contributed by atoms with van der Waals surface area (Å²) in [5.74, 6) is -0.567. The van der Waals surface area contributed by atoms with E-state index in [1.165, 1.54) is 42.2 Å². The van der Waals surface area contributed by atoms with Crippen LogP contribution >= 0.6 is 0 Å². The first-order valence-electron chi connectivity index (χ1n) is 12.1. The van der Waals surface area contributed by atoms with Gasteiger partial charge < -0.3 is 20.3 Å². The van der Waals surface area contributed by atoms with E-state index in [4.69, 9.17) is 15.2 Å². The highest BCUT2D eigenvalue weighted by Crippen LogP contribution is 2.39. The molecule has 10 nitrogen and oxygen atoms in total. The second-order valence-corrected chi connectivity index (χ2v) is 8.74. The summed E-state index contributed by atoms with van der Waals surface area (Å²) >= 11 is 0. The largest absolute Gasteiger partial charge is 0.470 e. The zero-order valence-corrected chi connectivity index (χ0v) is 21.6. The van der Waals surface area contributed by atoms with Gasteiger partial charge in [0.25, 0.3) is 6.43 Å². The Balaban J connectivity index is 1.79. The number of nitrogen functional groups attached to an aromatic ring is 1. The molecule has 4 rings (SSSR count). The molecule has 3 heterocycles. The van der Waals surface area contributed by atoms with Crippen molar-refractivity contribution in [1.29, 1.82) is 0 Å². The van der Waals surface area contributed by atoms with Gasteiger partial charge in [0.1, 0.15) is 23.8 Å². The highest BCUT2D eigenvalue weighted by Gasteiger charge is 2.22. The number of hydrogen-bond donors (Lipinski definition) is 2. The molecular weight excluding hydrogens is 515 g/mol. The average molecular weight is 544 g/mol. The van der Waals surface area contributed by atoms with Crippen molar-refractivity contribution >= 4 is 5.95 Å². The standard InChI is InChI=1S/C26H28F3N7O3/c1-4-19-21(35-36(34-19)11-18(37)12-38-3)13-39-25-22(16-9-14(2)31-20(10-16)24(28)29)23(32-26(30)33-25)15-5-7-17(27)8-6-15/h5-10,18,24,37H,4,11-13H2,1-3H3,(H2,30,32,33). The number of nitrogens with two attached hydrogens (primary N) is 1. The molecule has 0 fully saturated rings. The number of anilines is 1. The van der Waals surface area contributed by atoms with E-state index in [1.54, 1.807) is 13.0 Å². The minimum Gasteiger partial charge on any atom is -0.470 e. The Kier molecular flexibility index (Phi) is 8.72. The van der Waals surface area contributed by atoms with Gasteiger partial charge in [-0.15, -0.1) is 0 Å². The lowest BCUT2D eigenvalue weighted by molar-refractivity contribution is 0.0484. The Bertz CT molecular complexity index is 1430. The second kappa shape index (κ2) is 12.2. The average Bonchev–Trinajstić information content (AvgIpc) is 3.28. The number of nitrogens with zero attached hydrogens (tertiary/aromatic N) is 6. The molecule has 13 heteroatoms. The maximum Gasteiger partial charge on any atom is 0.280 e. The maximum atomic E-state index is 13.7. The van der Waals surface area contributed by atoms with E-state index in [0.717, 1.165) is 0 Å². The van der Waals surface area contributed by atoms with Crippen molar-refractivity contribution < 1.29 is 27.8 Å². The number of aromatic nitrogens is 6. The van der Waals surface area contributed by atoms with Crippen LogP contribution in [0.5, 0.6) is 5.88 Å². The van der Waals surface area contributed by atoms with E-state index in [9.17, 15) is 18.3 Å². The first-order chi connectivity index (χ1) is 18.7. The van der Waals surface area contributed by atoms with Crippen molar-refractivity contribution in [3.05, 3.63) is 65.0 Å². The first kappa shape index (κ1) is 27.9. The smallest absolute Gasteiger partial charge is 0.280 e. The zero-order chi connectivity index (χ0) is 28.1. The first-order valence-corrected chi connectivity index (χ1v) is 12.1. The molecule has 4 aromatic rings. The van der Waals surface area contributed by atoms with E-state index in [2.05, 4.69) is 25.1 Å². The van der Waals surface area contributed by atoms with Gasteiger partial charge in [-0.1, -0.05) is 6.92 Å². The molecule has 3 N–H and O–H groups in total. The van der Waals surface area contributed by atoms with Crippen molar-refractivity contribution in [2.45, 2.75) is 45.9 Å². The fourth-order valence-corrected chi connectivity index (χ4v) is 4.04. The van der Waals surface area contributed by atoms with Crippen LogP contribution in [0.15, 0.2) is 36.4 Å². The van der Waals surface area contributed by atoms with Crippen LogP contribution < -0.4 is 10.5 Å². The number of benzene rings is 1. The summed E-state index contributed by atoms with van der Waals surface area (Å²) in [5.41, 5.74) is 8.42. The topological polar surface area (TPSA) is 134 Å². The van der Waals surface area contributed by atoms with Gasteiger partial charge in [-0.05, 0) is 55.3 Å². The molecule has 1 unspecified atom stereocenters. The molecule has 0 aliphatic rings. The molecular formula is C26H28F3N7O3. The molecule has 0 spiro atoms. The number of aliphatic hydroxyl groups is 1. The summed E-state index contributed by atoms with van der Waals surface area (Å²) in [7, 11) is 1.48. The molecule has 206 valence electrons. The number of pyridine rings is 1. The molecule has 0 aliphatic carbocycles. The van der Waals surface area contributed by atoms with Crippen LogP contribution in [0.1, 0.15) is 36.1 Å². The number of alkyl halides is 2. The summed E-state index contributed by atoms with van der Waals surface area (Å²) in [6.45, 7) is 3.65.